The van der Waals surface area contributed by atoms with Gasteiger partial charge in [-0.15, -0.1) is 0 Å². The van der Waals surface area contributed by atoms with Crippen LogP contribution in [0.5, 0.6) is 0 Å². The quantitative estimate of drug-likeness (QED) is 0.889. The van der Waals surface area contributed by atoms with Gasteiger partial charge in [-0.3, -0.25) is 0 Å². The number of piperidine rings is 1. The Hall–Kier alpha value is -1.59. The highest BCUT2D eigenvalue weighted by Gasteiger charge is 2.36. The van der Waals surface area contributed by atoms with Crippen LogP contribution in [0.3, 0.4) is 0 Å². The van der Waals surface area contributed by atoms with Crippen molar-refractivity contribution in [2.24, 2.45) is 0 Å². The molecule has 1 atom stereocenters. The van der Waals surface area contributed by atoms with Crippen LogP contribution in [-0.4, -0.2) is 60.7 Å². The van der Waals surface area contributed by atoms with Crippen LogP contribution < -0.4 is 5.32 Å². The normalized spacial score (nSPS) is 24.6. The third-order valence-electron chi connectivity index (χ3n) is 5.16. The van der Waals surface area contributed by atoms with E-state index in [2.05, 4.69) is 11.4 Å². The summed E-state index contributed by atoms with van der Waals surface area (Å²) in [7, 11) is 3.58. The number of amides is 2. The Bertz CT molecular complexity index is 567. The largest absolute Gasteiger partial charge is 0.384 e. The minimum atomic E-state index is -0.743. The predicted octanol–water partition coefficient (Wildman–Crippen LogP) is 1.56. The number of urea groups is 1. The highest BCUT2D eigenvalue weighted by molar-refractivity contribution is 5.73. The van der Waals surface area contributed by atoms with Crippen molar-refractivity contribution in [3.05, 3.63) is 35.4 Å². The average molecular weight is 317 g/mol. The smallest absolute Gasteiger partial charge is 0.319 e. The zero-order valence-corrected chi connectivity index (χ0v) is 14.1. The van der Waals surface area contributed by atoms with Crippen molar-refractivity contribution in [3.63, 3.8) is 0 Å². The molecule has 2 aliphatic rings. The van der Waals surface area contributed by atoms with Gasteiger partial charge in [0.05, 0.1) is 0 Å². The Kier molecular flexibility index (Phi) is 4.60. The predicted molar refractivity (Wildman–Crippen MR) is 90.3 cm³/mol. The van der Waals surface area contributed by atoms with Gasteiger partial charge in [-0.25, -0.2) is 4.79 Å². The molecule has 1 aliphatic carbocycles. The zero-order valence-electron chi connectivity index (χ0n) is 14.1. The number of likely N-dealkylation sites (tertiary alicyclic amines) is 1. The van der Waals surface area contributed by atoms with E-state index in [-0.39, 0.29) is 6.03 Å². The molecule has 5 heteroatoms. The van der Waals surface area contributed by atoms with Crippen molar-refractivity contribution in [2.75, 3.05) is 33.7 Å². The van der Waals surface area contributed by atoms with Crippen LogP contribution in [0.4, 0.5) is 4.79 Å². The fraction of sp³-hybridized carbons (Fsp3) is 0.611. The van der Waals surface area contributed by atoms with Crippen LogP contribution in [-0.2, 0) is 12.0 Å². The SMILES string of the molecule is CN(C)C(=O)N1CCC(NCC2(O)CCc3ccccc32)CC1. The molecule has 2 amide bonds. The van der Waals surface area contributed by atoms with Crippen LogP contribution >= 0.6 is 0 Å². The fourth-order valence-corrected chi connectivity index (χ4v) is 3.72. The van der Waals surface area contributed by atoms with Gasteiger partial charge in [0, 0.05) is 39.8 Å². The molecule has 126 valence electrons. The molecule has 0 aromatic heterocycles. The molecule has 3 rings (SSSR count). The molecule has 1 unspecified atom stereocenters. The van der Waals surface area contributed by atoms with Gasteiger partial charge in [-0.2, -0.15) is 0 Å². The standard InChI is InChI=1S/C18H27N3O2/c1-20(2)17(22)21-11-8-15(9-12-21)19-13-18(23)10-7-14-5-3-4-6-16(14)18/h3-6,15,19,23H,7-13H2,1-2H3. The lowest BCUT2D eigenvalue weighted by molar-refractivity contribution is 0.0332. The molecule has 1 fully saturated rings. The van der Waals surface area contributed by atoms with Crippen LogP contribution in [0, 0.1) is 0 Å². The monoisotopic (exact) mass is 317 g/mol. The topological polar surface area (TPSA) is 55.8 Å². The first kappa shape index (κ1) is 16.3. The molecule has 1 aromatic rings. The second-order valence-electron chi connectivity index (χ2n) is 7.01. The van der Waals surface area contributed by atoms with E-state index in [1.165, 1.54) is 5.56 Å². The lowest BCUT2D eigenvalue weighted by atomic mass is 9.95. The van der Waals surface area contributed by atoms with Crippen LogP contribution in [0.2, 0.25) is 0 Å². The number of carbonyl (C=O) groups excluding carboxylic acids is 1. The van der Waals surface area contributed by atoms with Crippen molar-refractivity contribution in [1.82, 2.24) is 15.1 Å². The summed E-state index contributed by atoms with van der Waals surface area (Å²) >= 11 is 0. The Labute approximate surface area is 138 Å². The number of aliphatic hydroxyl groups is 1. The lowest BCUT2D eigenvalue weighted by Gasteiger charge is -2.35. The lowest BCUT2D eigenvalue weighted by Crippen LogP contribution is -2.50. The zero-order chi connectivity index (χ0) is 16.4. The van der Waals surface area contributed by atoms with Crippen molar-refractivity contribution in [1.29, 1.82) is 0 Å². The minimum Gasteiger partial charge on any atom is -0.384 e. The Morgan fingerprint density at radius 1 is 1.35 bits per heavy atom. The first-order chi connectivity index (χ1) is 11.0. The van der Waals surface area contributed by atoms with E-state index in [1.54, 1.807) is 19.0 Å². The second-order valence-corrected chi connectivity index (χ2v) is 7.01. The number of hydrogen-bond donors (Lipinski definition) is 2. The highest BCUT2D eigenvalue weighted by Crippen LogP contribution is 2.36. The molecule has 2 N–H and O–H groups in total. The maximum atomic E-state index is 12.0. The summed E-state index contributed by atoms with van der Waals surface area (Å²) in [5.74, 6) is 0. The fourth-order valence-electron chi connectivity index (χ4n) is 3.72. The number of aryl methyl sites for hydroxylation is 1. The van der Waals surface area contributed by atoms with Crippen LogP contribution in [0.15, 0.2) is 24.3 Å². The average Bonchev–Trinajstić information content (AvgIpc) is 2.91. The van der Waals surface area contributed by atoms with Gasteiger partial charge in [0.2, 0.25) is 0 Å². The molecule has 1 aromatic carbocycles. The summed E-state index contributed by atoms with van der Waals surface area (Å²) in [5.41, 5.74) is 1.60. The summed E-state index contributed by atoms with van der Waals surface area (Å²) in [6.45, 7) is 2.16. The van der Waals surface area contributed by atoms with Gasteiger partial charge in [0.15, 0.2) is 0 Å². The molecule has 0 saturated carbocycles. The number of hydrogen-bond acceptors (Lipinski definition) is 3. The van der Waals surface area contributed by atoms with E-state index in [0.29, 0.717) is 12.6 Å². The summed E-state index contributed by atoms with van der Waals surface area (Å²) in [6, 6.07) is 8.65. The molecule has 0 radical (unpaired) electrons. The van der Waals surface area contributed by atoms with E-state index >= 15 is 0 Å². The third kappa shape index (κ3) is 3.35. The molecule has 0 spiro atoms. The van der Waals surface area contributed by atoms with Gasteiger partial charge in [0.1, 0.15) is 5.60 Å². The number of carbonyl (C=O) groups is 1. The van der Waals surface area contributed by atoms with Gasteiger partial charge >= 0.3 is 6.03 Å². The van der Waals surface area contributed by atoms with Gasteiger partial charge in [-0.05, 0) is 36.8 Å². The van der Waals surface area contributed by atoms with E-state index in [1.807, 2.05) is 23.1 Å². The van der Waals surface area contributed by atoms with Crippen molar-refractivity contribution >= 4 is 6.03 Å². The second kappa shape index (κ2) is 6.49. The number of nitrogens with one attached hydrogen (secondary N) is 1. The number of rotatable bonds is 3. The molecular formula is C18H27N3O2. The van der Waals surface area contributed by atoms with Crippen LogP contribution in [0.1, 0.15) is 30.4 Å². The van der Waals surface area contributed by atoms with Gasteiger partial charge in [-0.1, -0.05) is 24.3 Å². The number of nitrogens with zero attached hydrogens (tertiary/aromatic N) is 2. The Morgan fingerprint density at radius 3 is 2.74 bits per heavy atom. The highest BCUT2D eigenvalue weighted by atomic mass is 16.3. The molecular weight excluding hydrogens is 290 g/mol. The summed E-state index contributed by atoms with van der Waals surface area (Å²) in [4.78, 5) is 15.5. The van der Waals surface area contributed by atoms with E-state index < -0.39 is 5.60 Å². The van der Waals surface area contributed by atoms with Crippen molar-refractivity contribution in [2.45, 2.75) is 37.3 Å². The Morgan fingerprint density at radius 2 is 2.04 bits per heavy atom. The molecule has 1 saturated heterocycles. The maximum absolute atomic E-state index is 12.0. The third-order valence-corrected chi connectivity index (χ3v) is 5.16. The first-order valence-electron chi connectivity index (χ1n) is 8.50. The van der Waals surface area contributed by atoms with Gasteiger partial charge in [0.25, 0.3) is 0 Å². The number of fused-ring (bicyclic) bond motifs is 1. The molecule has 0 bridgehead atoms. The number of benzene rings is 1. The van der Waals surface area contributed by atoms with Crippen LogP contribution in [0.25, 0.3) is 0 Å². The van der Waals surface area contributed by atoms with Crippen molar-refractivity contribution in [3.8, 4) is 0 Å². The summed E-state index contributed by atoms with van der Waals surface area (Å²) in [5, 5.41) is 14.5. The van der Waals surface area contributed by atoms with Gasteiger partial charge < -0.3 is 20.2 Å². The summed E-state index contributed by atoms with van der Waals surface area (Å²) < 4.78 is 0. The Balaban J connectivity index is 1.52. The van der Waals surface area contributed by atoms with Crippen molar-refractivity contribution < 1.29 is 9.90 Å². The molecule has 5 nitrogen and oxygen atoms in total. The first-order valence-corrected chi connectivity index (χ1v) is 8.50. The maximum Gasteiger partial charge on any atom is 0.319 e. The minimum absolute atomic E-state index is 0.0896. The molecule has 1 aliphatic heterocycles. The van der Waals surface area contributed by atoms with E-state index in [9.17, 15) is 9.90 Å². The van der Waals surface area contributed by atoms with E-state index in [4.69, 9.17) is 0 Å². The molecule has 23 heavy (non-hydrogen) atoms. The van der Waals surface area contributed by atoms with E-state index in [0.717, 1.165) is 44.3 Å². The molecule has 1 heterocycles. The summed E-state index contributed by atoms with van der Waals surface area (Å²) in [6.07, 6.45) is 3.62.